The lowest BCUT2D eigenvalue weighted by Crippen LogP contribution is -2.38. The number of piperidine rings is 1. The SMILES string of the molecule is Cc1nc(N(C)C)nc(N2CCC(OCc3cccnc3)CC2)c1C. The summed E-state index contributed by atoms with van der Waals surface area (Å²) < 4.78 is 6.06. The van der Waals surface area contributed by atoms with Crippen molar-refractivity contribution in [3.05, 3.63) is 41.3 Å². The number of pyridine rings is 1. The lowest BCUT2D eigenvalue weighted by molar-refractivity contribution is 0.0249. The molecule has 0 aliphatic carbocycles. The minimum Gasteiger partial charge on any atom is -0.373 e. The summed E-state index contributed by atoms with van der Waals surface area (Å²) in [5, 5.41) is 0. The van der Waals surface area contributed by atoms with Crippen LogP contribution in [0.1, 0.15) is 29.7 Å². The number of hydrogen-bond donors (Lipinski definition) is 0. The molecule has 1 saturated heterocycles. The zero-order valence-electron chi connectivity index (χ0n) is 15.6. The highest BCUT2D eigenvalue weighted by atomic mass is 16.5. The predicted molar refractivity (Wildman–Crippen MR) is 100 cm³/mol. The van der Waals surface area contributed by atoms with Gasteiger partial charge in [0.1, 0.15) is 5.82 Å². The molecule has 0 atom stereocenters. The predicted octanol–water partition coefficient (Wildman–Crippen LogP) is 2.74. The Hall–Kier alpha value is -2.21. The average Bonchev–Trinajstić information content (AvgIpc) is 2.63. The van der Waals surface area contributed by atoms with Gasteiger partial charge in [-0.25, -0.2) is 4.98 Å². The van der Waals surface area contributed by atoms with Crippen LogP contribution in [-0.4, -0.2) is 48.2 Å². The van der Waals surface area contributed by atoms with Gasteiger partial charge in [0.2, 0.25) is 5.95 Å². The molecule has 0 aromatic carbocycles. The Kier molecular flexibility index (Phi) is 5.48. The number of rotatable bonds is 5. The van der Waals surface area contributed by atoms with Crippen molar-refractivity contribution < 1.29 is 4.74 Å². The molecule has 6 nitrogen and oxygen atoms in total. The average molecular weight is 341 g/mol. The third-order valence-corrected chi connectivity index (χ3v) is 4.70. The first-order valence-electron chi connectivity index (χ1n) is 8.82. The van der Waals surface area contributed by atoms with E-state index in [0.29, 0.717) is 12.7 Å². The van der Waals surface area contributed by atoms with Gasteiger partial charge in [-0.2, -0.15) is 4.98 Å². The molecule has 0 bridgehead atoms. The normalized spacial score (nSPS) is 15.4. The van der Waals surface area contributed by atoms with E-state index in [0.717, 1.165) is 49.0 Å². The summed E-state index contributed by atoms with van der Waals surface area (Å²) in [5.74, 6) is 1.83. The van der Waals surface area contributed by atoms with Gasteiger partial charge in [-0.15, -0.1) is 0 Å². The highest BCUT2D eigenvalue weighted by Gasteiger charge is 2.23. The van der Waals surface area contributed by atoms with Crippen LogP contribution in [0.25, 0.3) is 0 Å². The Bertz CT molecular complexity index is 696. The molecule has 3 heterocycles. The van der Waals surface area contributed by atoms with E-state index in [1.165, 1.54) is 5.56 Å². The molecular weight excluding hydrogens is 314 g/mol. The largest absolute Gasteiger partial charge is 0.373 e. The third kappa shape index (κ3) is 4.25. The summed E-state index contributed by atoms with van der Waals surface area (Å²) in [6.45, 7) is 6.71. The number of aryl methyl sites for hydroxylation is 1. The molecule has 0 spiro atoms. The van der Waals surface area contributed by atoms with E-state index >= 15 is 0 Å². The first-order valence-corrected chi connectivity index (χ1v) is 8.82. The Morgan fingerprint density at radius 3 is 2.60 bits per heavy atom. The number of nitrogens with zero attached hydrogens (tertiary/aromatic N) is 5. The van der Waals surface area contributed by atoms with Crippen LogP contribution in [-0.2, 0) is 11.3 Å². The van der Waals surface area contributed by atoms with Crippen LogP contribution in [0.15, 0.2) is 24.5 Å². The summed E-state index contributed by atoms with van der Waals surface area (Å²) in [4.78, 5) is 17.8. The fourth-order valence-corrected chi connectivity index (χ4v) is 3.04. The highest BCUT2D eigenvalue weighted by molar-refractivity contribution is 5.52. The standard InChI is InChI=1S/C19H27N5O/c1-14-15(2)21-19(23(3)4)22-18(14)24-10-7-17(8-11-24)25-13-16-6-5-9-20-12-16/h5-6,9,12,17H,7-8,10-11,13H2,1-4H3. The second-order valence-electron chi connectivity index (χ2n) is 6.81. The first-order chi connectivity index (χ1) is 12.0. The van der Waals surface area contributed by atoms with E-state index in [1.54, 1.807) is 6.20 Å². The van der Waals surface area contributed by atoms with Crippen molar-refractivity contribution in [1.82, 2.24) is 15.0 Å². The molecule has 134 valence electrons. The monoisotopic (exact) mass is 341 g/mol. The van der Waals surface area contributed by atoms with Crippen LogP contribution in [0.2, 0.25) is 0 Å². The van der Waals surface area contributed by atoms with E-state index in [2.05, 4.69) is 34.8 Å². The summed E-state index contributed by atoms with van der Waals surface area (Å²) in [6, 6.07) is 4.00. The molecule has 3 rings (SSSR count). The van der Waals surface area contributed by atoms with Crippen LogP contribution in [0.5, 0.6) is 0 Å². The number of anilines is 2. The van der Waals surface area contributed by atoms with Crippen molar-refractivity contribution in [3.8, 4) is 0 Å². The second kappa shape index (κ2) is 7.78. The van der Waals surface area contributed by atoms with Crippen molar-refractivity contribution in [2.24, 2.45) is 0 Å². The topological polar surface area (TPSA) is 54.4 Å². The minimum absolute atomic E-state index is 0.299. The molecule has 6 heteroatoms. The van der Waals surface area contributed by atoms with Crippen molar-refractivity contribution >= 4 is 11.8 Å². The third-order valence-electron chi connectivity index (χ3n) is 4.70. The van der Waals surface area contributed by atoms with Crippen LogP contribution in [0.3, 0.4) is 0 Å². The lowest BCUT2D eigenvalue weighted by Gasteiger charge is -2.34. The highest BCUT2D eigenvalue weighted by Crippen LogP contribution is 2.26. The van der Waals surface area contributed by atoms with E-state index in [-0.39, 0.29) is 0 Å². The van der Waals surface area contributed by atoms with Crippen molar-refractivity contribution in [2.45, 2.75) is 39.4 Å². The van der Waals surface area contributed by atoms with E-state index in [4.69, 9.17) is 9.72 Å². The van der Waals surface area contributed by atoms with Gasteiger partial charge in [0.25, 0.3) is 0 Å². The van der Waals surface area contributed by atoms with Crippen LogP contribution in [0, 0.1) is 13.8 Å². The molecule has 0 saturated carbocycles. The van der Waals surface area contributed by atoms with Gasteiger partial charge in [-0.3, -0.25) is 4.98 Å². The van der Waals surface area contributed by atoms with Crippen LogP contribution < -0.4 is 9.80 Å². The van der Waals surface area contributed by atoms with Crippen molar-refractivity contribution in [3.63, 3.8) is 0 Å². The molecule has 1 aliphatic heterocycles. The Morgan fingerprint density at radius 2 is 1.96 bits per heavy atom. The van der Waals surface area contributed by atoms with E-state index in [1.807, 2.05) is 31.3 Å². The second-order valence-corrected chi connectivity index (χ2v) is 6.81. The lowest BCUT2D eigenvalue weighted by atomic mass is 10.1. The van der Waals surface area contributed by atoms with Gasteiger partial charge >= 0.3 is 0 Å². The Labute approximate surface area is 149 Å². The Morgan fingerprint density at radius 1 is 1.20 bits per heavy atom. The quantitative estimate of drug-likeness (QED) is 0.833. The fraction of sp³-hybridized carbons (Fsp3) is 0.526. The van der Waals surface area contributed by atoms with Crippen LogP contribution in [0.4, 0.5) is 11.8 Å². The molecule has 0 unspecified atom stereocenters. The van der Waals surface area contributed by atoms with Gasteiger partial charge < -0.3 is 14.5 Å². The number of ether oxygens (including phenoxy) is 1. The molecular formula is C19H27N5O. The molecule has 2 aromatic rings. The van der Waals surface area contributed by atoms with Gasteiger partial charge in [0.05, 0.1) is 12.7 Å². The number of hydrogen-bond acceptors (Lipinski definition) is 6. The maximum atomic E-state index is 6.06. The summed E-state index contributed by atoms with van der Waals surface area (Å²) >= 11 is 0. The molecule has 0 radical (unpaired) electrons. The van der Waals surface area contributed by atoms with Gasteiger partial charge in [-0.1, -0.05) is 6.07 Å². The summed E-state index contributed by atoms with van der Waals surface area (Å²) in [7, 11) is 3.96. The smallest absolute Gasteiger partial charge is 0.227 e. The summed E-state index contributed by atoms with van der Waals surface area (Å²) in [6.07, 6.45) is 5.98. The number of aromatic nitrogens is 3. The Balaban J connectivity index is 1.60. The van der Waals surface area contributed by atoms with Crippen molar-refractivity contribution in [2.75, 3.05) is 37.0 Å². The van der Waals surface area contributed by atoms with Crippen molar-refractivity contribution in [1.29, 1.82) is 0 Å². The zero-order chi connectivity index (χ0) is 17.8. The molecule has 2 aromatic heterocycles. The zero-order valence-corrected chi connectivity index (χ0v) is 15.6. The van der Waals surface area contributed by atoms with E-state index in [9.17, 15) is 0 Å². The minimum atomic E-state index is 0.299. The molecule has 0 N–H and O–H groups in total. The van der Waals surface area contributed by atoms with Gasteiger partial charge in [-0.05, 0) is 38.3 Å². The maximum Gasteiger partial charge on any atom is 0.227 e. The molecule has 1 aliphatic rings. The van der Waals surface area contributed by atoms with Gasteiger partial charge in [0, 0.05) is 50.8 Å². The van der Waals surface area contributed by atoms with E-state index < -0.39 is 0 Å². The first kappa shape index (κ1) is 17.6. The fourth-order valence-electron chi connectivity index (χ4n) is 3.04. The molecule has 1 fully saturated rings. The molecule has 25 heavy (non-hydrogen) atoms. The summed E-state index contributed by atoms with van der Waals surface area (Å²) in [5.41, 5.74) is 3.34. The molecule has 0 amide bonds. The van der Waals surface area contributed by atoms with Crippen LogP contribution >= 0.6 is 0 Å². The maximum absolute atomic E-state index is 6.06. The van der Waals surface area contributed by atoms with Gasteiger partial charge in [0.15, 0.2) is 0 Å².